The SMILES string of the molecule is C=CCN1C(=O)C2C(=Nc3n(CCCl)c(C)c[n+]32)N(C)C1=O. The summed E-state index contributed by atoms with van der Waals surface area (Å²) in [5, 5.41) is 0. The maximum Gasteiger partial charge on any atom is 0.401 e. The molecule has 0 N–H and O–H groups in total. The van der Waals surface area contributed by atoms with E-state index in [1.807, 2.05) is 17.7 Å². The second kappa shape index (κ2) is 5.24. The van der Waals surface area contributed by atoms with E-state index in [2.05, 4.69) is 11.6 Å². The highest BCUT2D eigenvalue weighted by atomic mass is 35.5. The van der Waals surface area contributed by atoms with Crippen molar-refractivity contribution in [1.82, 2.24) is 14.4 Å². The molecule has 1 unspecified atom stereocenters. The molecule has 1 atom stereocenters. The number of aliphatic imine (C=N–C) groups is 1. The minimum Gasteiger partial charge on any atom is -0.270 e. The first-order valence-electron chi connectivity index (χ1n) is 6.97. The first kappa shape index (κ1) is 14.8. The lowest BCUT2D eigenvalue weighted by Gasteiger charge is -2.32. The maximum absolute atomic E-state index is 12.7. The third kappa shape index (κ3) is 1.89. The molecule has 1 saturated heterocycles. The number of imide groups is 1. The predicted molar refractivity (Wildman–Crippen MR) is 81.3 cm³/mol. The van der Waals surface area contributed by atoms with Crippen LogP contribution in [-0.4, -0.2) is 51.6 Å². The Morgan fingerprint density at radius 1 is 1.50 bits per heavy atom. The van der Waals surface area contributed by atoms with Gasteiger partial charge in [-0.3, -0.25) is 14.6 Å². The molecule has 7 nitrogen and oxygen atoms in total. The molecule has 22 heavy (non-hydrogen) atoms. The van der Waals surface area contributed by atoms with Crippen molar-refractivity contribution in [2.45, 2.75) is 19.5 Å². The molecule has 116 valence electrons. The van der Waals surface area contributed by atoms with Gasteiger partial charge in [0.2, 0.25) is 11.9 Å². The minimum absolute atomic E-state index is 0.184. The lowest BCUT2D eigenvalue weighted by Crippen LogP contribution is -2.62. The van der Waals surface area contributed by atoms with Gasteiger partial charge in [-0.05, 0) is 6.92 Å². The molecule has 0 aliphatic carbocycles. The van der Waals surface area contributed by atoms with Crippen molar-refractivity contribution in [3.8, 4) is 0 Å². The van der Waals surface area contributed by atoms with Crippen LogP contribution < -0.4 is 4.57 Å². The predicted octanol–water partition coefficient (Wildman–Crippen LogP) is 0.988. The topological polar surface area (TPSA) is 61.8 Å². The van der Waals surface area contributed by atoms with Crippen molar-refractivity contribution in [3.63, 3.8) is 0 Å². The lowest BCUT2D eigenvalue weighted by atomic mass is 10.1. The van der Waals surface area contributed by atoms with Gasteiger partial charge in [-0.15, -0.1) is 18.2 Å². The Hall–Kier alpha value is -2.15. The summed E-state index contributed by atoms with van der Waals surface area (Å²) >= 11 is 5.84. The maximum atomic E-state index is 12.7. The number of aryl methyl sites for hydroxylation is 1. The molecule has 0 radical (unpaired) electrons. The molecule has 0 aromatic carbocycles. The van der Waals surface area contributed by atoms with E-state index < -0.39 is 6.04 Å². The van der Waals surface area contributed by atoms with Crippen LogP contribution in [0.2, 0.25) is 0 Å². The van der Waals surface area contributed by atoms with E-state index in [1.54, 1.807) is 11.6 Å². The molecule has 3 heterocycles. The van der Waals surface area contributed by atoms with Crippen molar-refractivity contribution < 1.29 is 14.2 Å². The van der Waals surface area contributed by atoms with Crippen LogP contribution in [-0.2, 0) is 11.3 Å². The van der Waals surface area contributed by atoms with Gasteiger partial charge in [0.25, 0.3) is 5.91 Å². The quantitative estimate of drug-likeness (QED) is 0.471. The molecule has 8 heteroatoms. The lowest BCUT2D eigenvalue weighted by molar-refractivity contribution is -0.677. The van der Waals surface area contributed by atoms with E-state index in [4.69, 9.17) is 11.6 Å². The Kier molecular flexibility index (Phi) is 3.52. The van der Waals surface area contributed by atoms with Crippen molar-refractivity contribution in [2.75, 3.05) is 19.5 Å². The summed E-state index contributed by atoms with van der Waals surface area (Å²) in [6.07, 6.45) is 3.41. The second-order valence-electron chi connectivity index (χ2n) is 5.27. The number of amides is 3. The Morgan fingerprint density at radius 3 is 2.86 bits per heavy atom. The first-order chi connectivity index (χ1) is 10.5. The number of amidine groups is 1. The average molecular weight is 323 g/mol. The molecule has 1 aromatic rings. The highest BCUT2D eigenvalue weighted by Gasteiger charge is 2.52. The van der Waals surface area contributed by atoms with E-state index in [0.29, 0.717) is 24.2 Å². The number of hydrogen-bond donors (Lipinski definition) is 0. The number of hydrogen-bond acceptors (Lipinski definition) is 3. The molecule has 0 bridgehead atoms. The van der Waals surface area contributed by atoms with Crippen LogP contribution in [0.3, 0.4) is 0 Å². The van der Waals surface area contributed by atoms with Gasteiger partial charge >= 0.3 is 12.0 Å². The molecule has 0 spiro atoms. The number of alkyl halides is 1. The third-order valence-corrected chi connectivity index (χ3v) is 4.11. The zero-order valence-corrected chi connectivity index (χ0v) is 13.2. The van der Waals surface area contributed by atoms with Crippen molar-refractivity contribution in [1.29, 1.82) is 0 Å². The van der Waals surface area contributed by atoms with E-state index in [1.165, 1.54) is 15.9 Å². The van der Waals surface area contributed by atoms with Crippen molar-refractivity contribution in [2.24, 2.45) is 4.99 Å². The zero-order valence-electron chi connectivity index (χ0n) is 12.5. The Labute approximate surface area is 133 Å². The van der Waals surface area contributed by atoms with E-state index in [0.717, 1.165) is 5.69 Å². The average Bonchev–Trinajstić information content (AvgIpc) is 2.99. The number of carbonyl (C=O) groups excluding carboxylic acids is 2. The highest BCUT2D eigenvalue weighted by Crippen LogP contribution is 2.29. The summed E-state index contributed by atoms with van der Waals surface area (Å²) in [6, 6.07) is -0.987. The third-order valence-electron chi connectivity index (χ3n) is 3.94. The van der Waals surface area contributed by atoms with Crippen LogP contribution in [0.4, 0.5) is 10.7 Å². The Morgan fingerprint density at radius 2 is 2.23 bits per heavy atom. The van der Waals surface area contributed by atoms with E-state index in [9.17, 15) is 9.59 Å². The first-order valence-corrected chi connectivity index (χ1v) is 7.50. The summed E-state index contributed by atoms with van der Waals surface area (Å²) in [5.41, 5.74) is 0.973. The molecular formula is C14H17ClN5O2+. The van der Waals surface area contributed by atoms with Crippen LogP contribution in [0.25, 0.3) is 0 Å². The van der Waals surface area contributed by atoms with Gasteiger partial charge in [-0.2, -0.15) is 0 Å². The molecule has 0 saturated carbocycles. The van der Waals surface area contributed by atoms with Crippen molar-refractivity contribution >= 4 is 35.3 Å². The number of imidazole rings is 1. The van der Waals surface area contributed by atoms with Gasteiger partial charge in [0.1, 0.15) is 11.9 Å². The molecule has 2 aliphatic heterocycles. The second-order valence-corrected chi connectivity index (χ2v) is 5.65. The summed E-state index contributed by atoms with van der Waals surface area (Å²) in [4.78, 5) is 32.1. The summed E-state index contributed by atoms with van der Waals surface area (Å²) in [6.45, 7) is 6.32. The smallest absolute Gasteiger partial charge is 0.270 e. The largest absolute Gasteiger partial charge is 0.401 e. The monoisotopic (exact) mass is 322 g/mol. The van der Waals surface area contributed by atoms with Crippen molar-refractivity contribution in [3.05, 3.63) is 24.5 Å². The molecule has 1 aromatic heterocycles. The van der Waals surface area contributed by atoms with Crippen LogP contribution in [0.1, 0.15) is 11.7 Å². The number of urea groups is 1. The molecule has 1 fully saturated rings. The number of nitrogens with zero attached hydrogens (tertiary/aromatic N) is 5. The van der Waals surface area contributed by atoms with Gasteiger partial charge in [-0.1, -0.05) is 11.1 Å². The Bertz CT molecular complexity index is 708. The minimum atomic E-state index is -0.604. The van der Waals surface area contributed by atoms with E-state index in [-0.39, 0.29) is 18.5 Å². The van der Waals surface area contributed by atoms with Crippen LogP contribution in [0.5, 0.6) is 0 Å². The summed E-state index contributed by atoms with van der Waals surface area (Å²) < 4.78 is 3.75. The van der Waals surface area contributed by atoms with Crippen LogP contribution in [0.15, 0.2) is 23.8 Å². The summed E-state index contributed by atoms with van der Waals surface area (Å²) in [5.74, 6) is 1.26. The van der Waals surface area contributed by atoms with Gasteiger partial charge < -0.3 is 0 Å². The van der Waals surface area contributed by atoms with Gasteiger partial charge in [0, 0.05) is 13.6 Å². The van der Waals surface area contributed by atoms with E-state index >= 15 is 0 Å². The molecule has 3 amide bonds. The van der Waals surface area contributed by atoms with Crippen LogP contribution in [0, 0.1) is 6.92 Å². The normalized spacial score (nSPS) is 20.1. The molecular weight excluding hydrogens is 306 g/mol. The fourth-order valence-corrected chi connectivity index (χ4v) is 3.06. The Balaban J connectivity index is 2.10. The number of rotatable bonds is 4. The van der Waals surface area contributed by atoms with Gasteiger partial charge in [-0.25, -0.2) is 13.9 Å². The fraction of sp³-hybridized carbons (Fsp3) is 0.429. The fourth-order valence-electron chi connectivity index (χ4n) is 2.89. The molecule has 2 aliphatic rings. The van der Waals surface area contributed by atoms with Gasteiger partial charge in [0.15, 0.2) is 0 Å². The number of fused-ring (bicyclic) bond motifs is 3. The van der Waals surface area contributed by atoms with Gasteiger partial charge in [0.05, 0.1) is 12.4 Å². The molecule has 3 rings (SSSR count). The highest BCUT2D eigenvalue weighted by molar-refractivity contribution is 6.19. The number of aromatic nitrogens is 2. The number of halogens is 1. The summed E-state index contributed by atoms with van der Waals surface area (Å²) in [7, 11) is 1.63. The van der Waals surface area contributed by atoms with Crippen LogP contribution >= 0.6 is 11.6 Å². The standard InChI is InChI=1S/C14H17ClN5O2/c1-4-6-19-12(21)10-11(17(3)14(19)22)16-13-18(7-5-15)9(2)8-20(10)13/h4,8,10H,1,5-7H2,2-3H3/q+1. The number of likely N-dealkylation sites (N-methyl/N-ethyl adjacent to an activating group) is 1. The number of carbonyl (C=O) groups is 2. The zero-order chi connectivity index (χ0) is 16.0.